The van der Waals surface area contributed by atoms with Gasteiger partial charge in [0.2, 0.25) is 5.91 Å². The van der Waals surface area contributed by atoms with Gasteiger partial charge in [0.1, 0.15) is 17.2 Å². The Morgan fingerprint density at radius 3 is 2.29 bits per heavy atom. The maximum Gasteiger partial charge on any atom is 0.341 e. The highest BCUT2D eigenvalue weighted by molar-refractivity contribution is 5.76. The molecule has 2 aromatic rings. The van der Waals surface area contributed by atoms with Crippen LogP contribution in [0.1, 0.15) is 17.5 Å². The van der Waals surface area contributed by atoms with Crippen molar-refractivity contribution in [3.05, 3.63) is 53.6 Å². The molecular weight excluding hydrogens is 362 g/mol. The zero-order chi connectivity index (χ0) is 20.5. The summed E-state index contributed by atoms with van der Waals surface area (Å²) in [6, 6.07) is 12.5. The number of nitrogens with zero attached hydrogens (tertiary/aromatic N) is 1. The van der Waals surface area contributed by atoms with Crippen molar-refractivity contribution in [3.8, 4) is 17.2 Å². The predicted molar refractivity (Wildman–Crippen MR) is 104 cm³/mol. The molecule has 2 aromatic carbocycles. The molecule has 0 heterocycles. The fraction of sp³-hybridized carbons (Fsp3) is 0.333. The Hall–Kier alpha value is -3.22. The topological polar surface area (TPSA) is 85.3 Å². The number of benzene rings is 2. The Morgan fingerprint density at radius 2 is 1.68 bits per heavy atom. The number of amides is 1. The van der Waals surface area contributed by atoms with Crippen LogP contribution in [0.3, 0.4) is 0 Å². The van der Waals surface area contributed by atoms with Gasteiger partial charge in [-0.1, -0.05) is 12.1 Å². The number of carbonyl (C=O) groups excluding carboxylic acids is 1. The SMILES string of the molecule is COc1ccc(OC)c(CCC(=O)N(C)Cc2ccc(OCC(=O)O)cc2)c1. The van der Waals surface area contributed by atoms with Crippen molar-refractivity contribution >= 4 is 11.9 Å². The summed E-state index contributed by atoms with van der Waals surface area (Å²) in [6.45, 7) is 0.0682. The van der Waals surface area contributed by atoms with Crippen LogP contribution in [0, 0.1) is 0 Å². The Morgan fingerprint density at radius 1 is 1.00 bits per heavy atom. The number of ether oxygens (including phenoxy) is 3. The Labute approximate surface area is 164 Å². The molecule has 0 bridgehead atoms. The second-order valence-corrected chi connectivity index (χ2v) is 6.25. The molecule has 0 unspecified atom stereocenters. The zero-order valence-electron chi connectivity index (χ0n) is 16.3. The molecule has 7 heteroatoms. The standard InChI is InChI=1S/C21H25NO6/c1-22(13-15-4-7-17(8-5-15)28-14-21(24)25)20(23)11-6-16-12-18(26-2)9-10-19(16)27-3/h4-5,7-10,12H,6,11,13-14H2,1-3H3,(H,24,25). The number of carboxylic acids is 1. The number of hydrogen-bond donors (Lipinski definition) is 1. The lowest BCUT2D eigenvalue weighted by Crippen LogP contribution is -2.26. The lowest BCUT2D eigenvalue weighted by atomic mass is 10.1. The zero-order valence-corrected chi connectivity index (χ0v) is 16.3. The highest BCUT2D eigenvalue weighted by Gasteiger charge is 2.12. The van der Waals surface area contributed by atoms with Crippen molar-refractivity contribution in [1.82, 2.24) is 4.90 Å². The van der Waals surface area contributed by atoms with E-state index in [0.29, 0.717) is 25.1 Å². The van der Waals surface area contributed by atoms with Gasteiger partial charge in [-0.2, -0.15) is 0 Å². The Balaban J connectivity index is 1.90. The van der Waals surface area contributed by atoms with Crippen molar-refractivity contribution in [2.24, 2.45) is 0 Å². The van der Waals surface area contributed by atoms with E-state index < -0.39 is 5.97 Å². The van der Waals surface area contributed by atoms with Crippen LogP contribution in [0.2, 0.25) is 0 Å². The lowest BCUT2D eigenvalue weighted by molar-refractivity contribution is -0.139. The average Bonchev–Trinajstić information content (AvgIpc) is 2.71. The molecule has 0 saturated carbocycles. The van der Waals surface area contributed by atoms with Gasteiger partial charge in [-0.25, -0.2) is 4.79 Å². The molecule has 0 aliphatic rings. The van der Waals surface area contributed by atoms with Gasteiger partial charge >= 0.3 is 5.97 Å². The number of carbonyl (C=O) groups is 2. The molecule has 2 rings (SSSR count). The first-order chi connectivity index (χ1) is 13.4. The van der Waals surface area contributed by atoms with E-state index in [-0.39, 0.29) is 12.5 Å². The number of aryl methyl sites for hydroxylation is 1. The van der Waals surface area contributed by atoms with E-state index in [1.54, 1.807) is 38.3 Å². The maximum absolute atomic E-state index is 12.5. The van der Waals surface area contributed by atoms with Crippen molar-refractivity contribution in [1.29, 1.82) is 0 Å². The van der Waals surface area contributed by atoms with Crippen molar-refractivity contribution in [2.75, 3.05) is 27.9 Å². The van der Waals surface area contributed by atoms with Crippen LogP contribution in [0.4, 0.5) is 0 Å². The third kappa shape index (κ3) is 6.19. The molecule has 7 nitrogen and oxygen atoms in total. The van der Waals surface area contributed by atoms with Crippen LogP contribution >= 0.6 is 0 Å². The van der Waals surface area contributed by atoms with E-state index in [4.69, 9.17) is 19.3 Å². The van der Waals surface area contributed by atoms with E-state index in [1.807, 2.05) is 30.3 Å². The molecular formula is C21H25NO6. The molecule has 1 amide bonds. The number of aliphatic carboxylic acids is 1. The van der Waals surface area contributed by atoms with E-state index in [0.717, 1.165) is 22.6 Å². The van der Waals surface area contributed by atoms with Crippen molar-refractivity contribution in [2.45, 2.75) is 19.4 Å². The minimum atomic E-state index is -1.03. The van der Waals surface area contributed by atoms with Gasteiger partial charge in [0.15, 0.2) is 6.61 Å². The van der Waals surface area contributed by atoms with E-state index >= 15 is 0 Å². The third-order valence-corrected chi connectivity index (χ3v) is 4.23. The normalized spacial score (nSPS) is 10.2. The first-order valence-electron chi connectivity index (χ1n) is 8.81. The van der Waals surface area contributed by atoms with Crippen molar-refractivity contribution in [3.63, 3.8) is 0 Å². The summed E-state index contributed by atoms with van der Waals surface area (Å²) in [4.78, 5) is 24.7. The average molecular weight is 387 g/mol. The summed E-state index contributed by atoms with van der Waals surface area (Å²) in [5, 5.41) is 8.62. The van der Waals surface area contributed by atoms with Crippen LogP contribution in [0.5, 0.6) is 17.2 Å². The summed E-state index contributed by atoms with van der Waals surface area (Å²) in [5.74, 6) is 0.915. The maximum atomic E-state index is 12.5. The molecule has 150 valence electrons. The summed E-state index contributed by atoms with van der Waals surface area (Å²) >= 11 is 0. The first kappa shape index (κ1) is 21.1. The number of carboxylic acid groups (broad SMARTS) is 1. The van der Waals surface area contributed by atoms with Crippen LogP contribution in [0.15, 0.2) is 42.5 Å². The molecule has 0 saturated heterocycles. The molecule has 0 aromatic heterocycles. The van der Waals surface area contributed by atoms with Gasteiger partial charge in [0.05, 0.1) is 14.2 Å². The number of methoxy groups -OCH3 is 2. The smallest absolute Gasteiger partial charge is 0.341 e. The van der Waals surface area contributed by atoms with Crippen LogP contribution in [-0.4, -0.2) is 49.8 Å². The fourth-order valence-electron chi connectivity index (χ4n) is 2.71. The fourth-order valence-corrected chi connectivity index (χ4v) is 2.71. The highest BCUT2D eigenvalue weighted by Crippen LogP contribution is 2.25. The molecule has 0 fully saturated rings. The van der Waals surface area contributed by atoms with Crippen LogP contribution in [0.25, 0.3) is 0 Å². The predicted octanol–water partition coefficient (Wildman–Crippen LogP) is 2.76. The third-order valence-electron chi connectivity index (χ3n) is 4.23. The number of rotatable bonds is 10. The monoisotopic (exact) mass is 387 g/mol. The van der Waals surface area contributed by atoms with E-state index in [9.17, 15) is 9.59 Å². The van der Waals surface area contributed by atoms with Gasteiger partial charge < -0.3 is 24.2 Å². The minimum absolute atomic E-state index is 0.0103. The second kappa shape index (κ2) is 10.2. The van der Waals surface area contributed by atoms with E-state index in [2.05, 4.69) is 0 Å². The van der Waals surface area contributed by atoms with Gasteiger partial charge in [-0.15, -0.1) is 0 Å². The number of hydrogen-bond acceptors (Lipinski definition) is 5. The van der Waals surface area contributed by atoms with E-state index in [1.165, 1.54) is 0 Å². The largest absolute Gasteiger partial charge is 0.497 e. The summed E-state index contributed by atoms with van der Waals surface area (Å²) in [6.07, 6.45) is 0.894. The van der Waals surface area contributed by atoms with Crippen molar-refractivity contribution < 1.29 is 28.9 Å². The Kier molecular flexibility index (Phi) is 7.68. The second-order valence-electron chi connectivity index (χ2n) is 6.25. The van der Waals surface area contributed by atoms with Gasteiger partial charge in [0.25, 0.3) is 0 Å². The molecule has 0 aliphatic carbocycles. The minimum Gasteiger partial charge on any atom is -0.497 e. The summed E-state index contributed by atoms with van der Waals surface area (Å²) in [7, 11) is 4.95. The molecule has 28 heavy (non-hydrogen) atoms. The molecule has 0 aliphatic heterocycles. The quantitative estimate of drug-likeness (QED) is 0.675. The molecule has 1 N–H and O–H groups in total. The molecule has 0 radical (unpaired) electrons. The first-order valence-corrected chi connectivity index (χ1v) is 8.81. The molecule has 0 atom stereocenters. The van der Waals surface area contributed by atoms with Crippen LogP contribution < -0.4 is 14.2 Å². The van der Waals surface area contributed by atoms with Gasteiger partial charge in [-0.3, -0.25) is 4.79 Å². The van der Waals surface area contributed by atoms with Gasteiger partial charge in [-0.05, 0) is 47.9 Å². The molecule has 0 spiro atoms. The summed E-state index contributed by atoms with van der Waals surface area (Å²) < 4.78 is 15.7. The lowest BCUT2D eigenvalue weighted by Gasteiger charge is -2.18. The Bertz CT molecular complexity index is 803. The van der Waals surface area contributed by atoms with Gasteiger partial charge in [0, 0.05) is 20.0 Å². The summed E-state index contributed by atoms with van der Waals surface area (Å²) in [5.41, 5.74) is 1.85. The van der Waals surface area contributed by atoms with Crippen LogP contribution in [-0.2, 0) is 22.6 Å². The highest BCUT2D eigenvalue weighted by atomic mass is 16.5.